The molecule has 0 fully saturated rings. The fourth-order valence-corrected chi connectivity index (χ4v) is 1.62. The smallest absolute Gasteiger partial charge is 0.267 e. The van der Waals surface area contributed by atoms with Gasteiger partial charge in [-0.05, 0) is 30.5 Å². The molecule has 0 atom stereocenters. The molecule has 0 saturated carbocycles. The molecule has 1 N–H and O–H groups in total. The van der Waals surface area contributed by atoms with Gasteiger partial charge in [-0.1, -0.05) is 38.4 Å². The highest BCUT2D eigenvalue weighted by Crippen LogP contribution is 2.10. The molecule has 4 heteroatoms. The van der Waals surface area contributed by atoms with Gasteiger partial charge >= 0.3 is 0 Å². The molecule has 1 aromatic carbocycles. The van der Waals surface area contributed by atoms with Crippen molar-refractivity contribution in [2.24, 2.45) is 11.0 Å². The van der Waals surface area contributed by atoms with E-state index in [1.165, 1.54) is 0 Å². The van der Waals surface area contributed by atoms with E-state index in [0.29, 0.717) is 16.5 Å². The molecule has 0 bridgehead atoms. The minimum Gasteiger partial charge on any atom is -0.267 e. The first kappa shape index (κ1) is 13.7. The van der Waals surface area contributed by atoms with Crippen LogP contribution < -0.4 is 5.43 Å². The SMILES string of the molecule is CC/C(=N/NC(=O)c1cccc(Cl)c1)C(C)C. The van der Waals surface area contributed by atoms with Gasteiger partial charge in [0.15, 0.2) is 0 Å². The highest BCUT2D eigenvalue weighted by molar-refractivity contribution is 6.30. The van der Waals surface area contributed by atoms with Crippen molar-refractivity contribution < 1.29 is 4.79 Å². The topological polar surface area (TPSA) is 41.5 Å². The lowest BCUT2D eigenvalue weighted by Crippen LogP contribution is -2.21. The predicted octanol–water partition coefficient (Wildman–Crippen LogP) is 3.49. The van der Waals surface area contributed by atoms with Crippen molar-refractivity contribution in [1.29, 1.82) is 0 Å². The van der Waals surface area contributed by atoms with Gasteiger partial charge in [0, 0.05) is 16.3 Å². The maximum atomic E-state index is 11.8. The lowest BCUT2D eigenvalue weighted by Gasteiger charge is -2.07. The monoisotopic (exact) mass is 252 g/mol. The average Bonchev–Trinajstić information content (AvgIpc) is 2.29. The Kier molecular flexibility index (Phi) is 5.16. The predicted molar refractivity (Wildman–Crippen MR) is 71.5 cm³/mol. The first-order chi connectivity index (χ1) is 8.04. The fourth-order valence-electron chi connectivity index (χ4n) is 1.43. The van der Waals surface area contributed by atoms with Crippen LogP contribution in [0.15, 0.2) is 29.4 Å². The molecule has 0 aromatic heterocycles. The number of benzene rings is 1. The van der Waals surface area contributed by atoms with Crippen LogP contribution in [0, 0.1) is 5.92 Å². The third-order valence-electron chi connectivity index (χ3n) is 2.42. The second-order valence-electron chi connectivity index (χ2n) is 4.06. The van der Waals surface area contributed by atoms with Gasteiger partial charge in [-0.15, -0.1) is 0 Å². The fraction of sp³-hybridized carbons (Fsp3) is 0.385. The quantitative estimate of drug-likeness (QED) is 0.647. The molecule has 0 aliphatic heterocycles. The summed E-state index contributed by atoms with van der Waals surface area (Å²) in [5, 5.41) is 4.66. The van der Waals surface area contributed by atoms with Gasteiger partial charge in [0.05, 0.1) is 0 Å². The van der Waals surface area contributed by atoms with Crippen molar-refractivity contribution in [3.8, 4) is 0 Å². The number of carbonyl (C=O) groups excluding carboxylic acids is 1. The van der Waals surface area contributed by atoms with Gasteiger partial charge in [0.2, 0.25) is 0 Å². The molecule has 0 spiro atoms. The summed E-state index contributed by atoms with van der Waals surface area (Å²) in [6.45, 7) is 6.12. The Morgan fingerprint density at radius 3 is 2.71 bits per heavy atom. The van der Waals surface area contributed by atoms with Crippen molar-refractivity contribution in [2.75, 3.05) is 0 Å². The maximum absolute atomic E-state index is 11.8. The number of amides is 1. The van der Waals surface area contributed by atoms with E-state index in [2.05, 4.69) is 10.5 Å². The van der Waals surface area contributed by atoms with E-state index in [1.807, 2.05) is 20.8 Å². The van der Waals surface area contributed by atoms with E-state index in [0.717, 1.165) is 12.1 Å². The van der Waals surface area contributed by atoms with Crippen LogP contribution in [0.1, 0.15) is 37.6 Å². The van der Waals surface area contributed by atoms with E-state index in [4.69, 9.17) is 11.6 Å². The Morgan fingerprint density at radius 1 is 1.47 bits per heavy atom. The molecule has 0 saturated heterocycles. The van der Waals surface area contributed by atoms with E-state index < -0.39 is 0 Å². The molecule has 92 valence electrons. The summed E-state index contributed by atoms with van der Waals surface area (Å²) in [5.41, 5.74) is 4.04. The van der Waals surface area contributed by atoms with Crippen LogP contribution in [0.4, 0.5) is 0 Å². The second kappa shape index (κ2) is 6.40. The van der Waals surface area contributed by atoms with Gasteiger partial charge in [-0.3, -0.25) is 4.79 Å². The maximum Gasteiger partial charge on any atom is 0.271 e. The first-order valence-electron chi connectivity index (χ1n) is 5.67. The largest absolute Gasteiger partial charge is 0.271 e. The standard InChI is InChI=1S/C13H17ClN2O/c1-4-12(9(2)3)15-16-13(17)10-6-5-7-11(14)8-10/h5-9H,4H2,1-3H3,(H,16,17)/b15-12-. The van der Waals surface area contributed by atoms with E-state index in [9.17, 15) is 4.79 Å². The van der Waals surface area contributed by atoms with Crippen LogP contribution in [0.25, 0.3) is 0 Å². The molecule has 1 aromatic rings. The molecule has 0 aliphatic carbocycles. The highest BCUT2D eigenvalue weighted by atomic mass is 35.5. The van der Waals surface area contributed by atoms with Crippen LogP contribution in [0.3, 0.4) is 0 Å². The minimum atomic E-state index is -0.237. The Labute approximate surface area is 107 Å². The van der Waals surface area contributed by atoms with Crippen LogP contribution in [-0.4, -0.2) is 11.6 Å². The van der Waals surface area contributed by atoms with Gasteiger partial charge in [-0.25, -0.2) is 5.43 Å². The van der Waals surface area contributed by atoms with Crippen molar-refractivity contribution in [3.63, 3.8) is 0 Å². The van der Waals surface area contributed by atoms with E-state index >= 15 is 0 Å². The number of hydrazone groups is 1. The number of hydrogen-bond acceptors (Lipinski definition) is 2. The minimum absolute atomic E-state index is 0.237. The normalized spacial score (nSPS) is 11.7. The van der Waals surface area contributed by atoms with E-state index in [1.54, 1.807) is 24.3 Å². The zero-order valence-electron chi connectivity index (χ0n) is 10.3. The summed E-state index contributed by atoms with van der Waals surface area (Å²) < 4.78 is 0. The lowest BCUT2D eigenvalue weighted by atomic mass is 10.1. The molecule has 0 unspecified atom stereocenters. The van der Waals surface area contributed by atoms with Crippen molar-refractivity contribution >= 4 is 23.2 Å². The number of nitrogens with one attached hydrogen (secondary N) is 1. The summed E-state index contributed by atoms with van der Waals surface area (Å²) in [7, 11) is 0. The van der Waals surface area contributed by atoms with Crippen molar-refractivity contribution in [2.45, 2.75) is 27.2 Å². The Hall–Kier alpha value is -1.35. The first-order valence-corrected chi connectivity index (χ1v) is 6.04. The second-order valence-corrected chi connectivity index (χ2v) is 4.50. The summed E-state index contributed by atoms with van der Waals surface area (Å²) in [6, 6.07) is 6.79. The molecule has 0 radical (unpaired) electrons. The number of rotatable bonds is 4. The van der Waals surface area contributed by atoms with E-state index in [-0.39, 0.29) is 5.91 Å². The van der Waals surface area contributed by atoms with Crippen LogP contribution >= 0.6 is 11.6 Å². The van der Waals surface area contributed by atoms with Crippen molar-refractivity contribution in [3.05, 3.63) is 34.9 Å². The Bertz CT molecular complexity index is 427. The summed E-state index contributed by atoms with van der Waals surface area (Å²) in [4.78, 5) is 11.8. The third-order valence-corrected chi connectivity index (χ3v) is 2.65. The summed E-state index contributed by atoms with van der Waals surface area (Å²) in [5.74, 6) is 0.0961. The molecule has 3 nitrogen and oxygen atoms in total. The molecule has 1 rings (SSSR count). The zero-order chi connectivity index (χ0) is 12.8. The van der Waals surface area contributed by atoms with Crippen LogP contribution in [0.5, 0.6) is 0 Å². The van der Waals surface area contributed by atoms with Crippen LogP contribution in [-0.2, 0) is 0 Å². The molecule has 1 amide bonds. The van der Waals surface area contributed by atoms with Gasteiger partial charge in [-0.2, -0.15) is 5.10 Å². The average molecular weight is 253 g/mol. The number of halogens is 1. The molecular formula is C13H17ClN2O. The number of nitrogens with zero attached hydrogens (tertiary/aromatic N) is 1. The highest BCUT2D eigenvalue weighted by Gasteiger charge is 2.06. The molecular weight excluding hydrogens is 236 g/mol. The Morgan fingerprint density at radius 2 is 2.18 bits per heavy atom. The van der Waals surface area contributed by atoms with Gasteiger partial charge in [0.25, 0.3) is 5.91 Å². The lowest BCUT2D eigenvalue weighted by molar-refractivity contribution is 0.0954. The number of hydrogen-bond donors (Lipinski definition) is 1. The zero-order valence-corrected chi connectivity index (χ0v) is 11.1. The Balaban J connectivity index is 2.73. The molecule has 0 heterocycles. The number of carbonyl (C=O) groups is 1. The van der Waals surface area contributed by atoms with Crippen LogP contribution in [0.2, 0.25) is 5.02 Å². The summed E-state index contributed by atoms with van der Waals surface area (Å²) >= 11 is 5.81. The molecule has 17 heavy (non-hydrogen) atoms. The van der Waals surface area contributed by atoms with Gasteiger partial charge < -0.3 is 0 Å². The van der Waals surface area contributed by atoms with Gasteiger partial charge in [0.1, 0.15) is 0 Å². The summed E-state index contributed by atoms with van der Waals surface area (Å²) in [6.07, 6.45) is 0.827. The van der Waals surface area contributed by atoms with Crippen molar-refractivity contribution in [1.82, 2.24) is 5.43 Å². The molecule has 0 aliphatic rings. The third kappa shape index (κ3) is 4.19.